The molecule has 0 saturated carbocycles. The van der Waals surface area contributed by atoms with E-state index in [1.807, 2.05) is 42.0 Å². The summed E-state index contributed by atoms with van der Waals surface area (Å²) in [5.74, 6) is 0.542. The quantitative estimate of drug-likeness (QED) is 0.665. The van der Waals surface area contributed by atoms with Crippen molar-refractivity contribution in [1.82, 2.24) is 14.3 Å². The number of hydrogen-bond donors (Lipinski definition) is 1. The molecule has 0 atom stereocenters. The van der Waals surface area contributed by atoms with Gasteiger partial charge in [0.05, 0.1) is 11.4 Å². The highest BCUT2D eigenvalue weighted by Gasteiger charge is 2.17. The first-order valence-corrected chi connectivity index (χ1v) is 10.3. The molecule has 1 aromatic heterocycles. The summed E-state index contributed by atoms with van der Waals surface area (Å²) in [7, 11) is -3.62. The van der Waals surface area contributed by atoms with Gasteiger partial charge < -0.3 is 4.57 Å². The molecule has 3 aromatic rings. The van der Waals surface area contributed by atoms with Gasteiger partial charge in [0.1, 0.15) is 5.82 Å². The number of hydrogen-bond acceptors (Lipinski definition) is 3. The number of halogens is 2. The summed E-state index contributed by atoms with van der Waals surface area (Å²) >= 11 is 12.2. The average Bonchev–Trinajstić information content (AvgIpc) is 3.03. The zero-order valence-electron chi connectivity index (χ0n) is 14.0. The highest BCUT2D eigenvalue weighted by Crippen LogP contribution is 2.26. The minimum Gasteiger partial charge on any atom is -0.304 e. The number of imidazole rings is 1. The third-order valence-electron chi connectivity index (χ3n) is 3.96. The summed E-state index contributed by atoms with van der Waals surface area (Å²) in [6, 6.07) is 12.5. The molecule has 0 aliphatic heterocycles. The lowest BCUT2D eigenvalue weighted by Crippen LogP contribution is -2.25. The van der Waals surface area contributed by atoms with Gasteiger partial charge in [0.2, 0.25) is 10.0 Å². The summed E-state index contributed by atoms with van der Waals surface area (Å²) in [6.07, 6.45) is 3.54. The van der Waals surface area contributed by atoms with E-state index in [1.165, 1.54) is 0 Å². The van der Waals surface area contributed by atoms with E-state index in [4.69, 9.17) is 23.2 Å². The topological polar surface area (TPSA) is 64.0 Å². The standard InChI is InChI=1S/C18H17Cl2N3O2S/c1-13-21-9-10-23(13)18-8-3-2-5-14(18)11-22-26(24,25)12-15-16(19)6-4-7-17(15)20/h2-10,22H,11-12H2,1H3. The normalized spacial score (nSPS) is 11.7. The van der Waals surface area contributed by atoms with Crippen LogP contribution in [0, 0.1) is 6.92 Å². The Morgan fingerprint density at radius 1 is 1.08 bits per heavy atom. The van der Waals surface area contributed by atoms with Gasteiger partial charge in [-0.2, -0.15) is 0 Å². The van der Waals surface area contributed by atoms with Crippen LogP contribution in [0.15, 0.2) is 54.9 Å². The molecule has 0 saturated heterocycles. The number of nitrogens with one attached hydrogen (secondary N) is 1. The molecule has 5 nitrogen and oxygen atoms in total. The van der Waals surface area contributed by atoms with E-state index in [1.54, 1.807) is 24.4 Å². The molecule has 0 aliphatic rings. The fourth-order valence-electron chi connectivity index (χ4n) is 2.63. The Balaban J connectivity index is 1.80. The van der Waals surface area contributed by atoms with E-state index in [0.717, 1.165) is 17.1 Å². The van der Waals surface area contributed by atoms with Crippen molar-refractivity contribution in [2.45, 2.75) is 19.2 Å². The Hall–Kier alpha value is -1.86. The van der Waals surface area contributed by atoms with Crippen LogP contribution in [0.1, 0.15) is 17.0 Å². The molecule has 1 heterocycles. The molecule has 8 heteroatoms. The van der Waals surface area contributed by atoms with Crippen LogP contribution in [0.3, 0.4) is 0 Å². The molecule has 3 rings (SSSR count). The summed E-state index contributed by atoms with van der Waals surface area (Å²) in [5.41, 5.74) is 2.10. The molecular weight excluding hydrogens is 393 g/mol. The van der Waals surface area contributed by atoms with Crippen LogP contribution >= 0.6 is 23.2 Å². The molecule has 0 amide bonds. The lowest BCUT2D eigenvalue weighted by Gasteiger charge is -2.13. The Morgan fingerprint density at radius 3 is 2.42 bits per heavy atom. The summed E-state index contributed by atoms with van der Waals surface area (Å²) in [5, 5.41) is 0.662. The van der Waals surface area contributed by atoms with Gasteiger partial charge in [-0.1, -0.05) is 47.5 Å². The third-order valence-corrected chi connectivity index (χ3v) is 5.92. The van der Waals surface area contributed by atoms with E-state index in [0.29, 0.717) is 15.6 Å². The van der Waals surface area contributed by atoms with Crippen LogP contribution in [0.5, 0.6) is 0 Å². The number of benzene rings is 2. The van der Waals surface area contributed by atoms with E-state index in [9.17, 15) is 8.42 Å². The van der Waals surface area contributed by atoms with Gasteiger partial charge >= 0.3 is 0 Å². The maximum absolute atomic E-state index is 12.5. The number of aryl methyl sites for hydroxylation is 1. The largest absolute Gasteiger partial charge is 0.304 e. The Bertz CT molecular complexity index is 1010. The van der Waals surface area contributed by atoms with Crippen molar-refractivity contribution < 1.29 is 8.42 Å². The molecule has 0 aliphatic carbocycles. The van der Waals surface area contributed by atoms with E-state index in [2.05, 4.69) is 9.71 Å². The Labute approximate surface area is 162 Å². The first-order chi connectivity index (χ1) is 12.4. The fourth-order valence-corrected chi connectivity index (χ4v) is 4.48. The molecule has 2 aromatic carbocycles. The lowest BCUT2D eigenvalue weighted by atomic mass is 10.2. The van der Waals surface area contributed by atoms with Crippen LogP contribution in [-0.2, 0) is 22.3 Å². The molecule has 136 valence electrons. The first kappa shape index (κ1) is 18.9. The highest BCUT2D eigenvalue weighted by molar-refractivity contribution is 7.88. The summed E-state index contributed by atoms with van der Waals surface area (Å²) in [4.78, 5) is 4.21. The van der Waals surface area contributed by atoms with Gasteiger partial charge in [0.25, 0.3) is 0 Å². The number of aromatic nitrogens is 2. The van der Waals surface area contributed by atoms with Crippen LogP contribution in [0.4, 0.5) is 0 Å². The zero-order chi connectivity index (χ0) is 18.7. The second kappa shape index (κ2) is 7.80. The third kappa shape index (κ3) is 4.27. The van der Waals surface area contributed by atoms with Gasteiger partial charge in [0.15, 0.2) is 0 Å². The molecule has 0 fully saturated rings. The maximum atomic E-state index is 12.5. The van der Waals surface area contributed by atoms with Crippen molar-refractivity contribution in [3.63, 3.8) is 0 Å². The number of para-hydroxylation sites is 1. The van der Waals surface area contributed by atoms with E-state index < -0.39 is 10.0 Å². The summed E-state index contributed by atoms with van der Waals surface area (Å²) in [6.45, 7) is 2.04. The van der Waals surface area contributed by atoms with Crippen molar-refractivity contribution in [2.75, 3.05) is 0 Å². The molecule has 1 N–H and O–H groups in total. The molecular formula is C18H17Cl2N3O2S. The highest BCUT2D eigenvalue weighted by atomic mass is 35.5. The molecule has 0 spiro atoms. The van der Waals surface area contributed by atoms with Crippen molar-refractivity contribution in [3.05, 3.63) is 81.9 Å². The predicted molar refractivity (Wildman–Crippen MR) is 104 cm³/mol. The van der Waals surface area contributed by atoms with Gasteiger partial charge in [-0.3, -0.25) is 0 Å². The summed E-state index contributed by atoms with van der Waals surface area (Å²) < 4.78 is 29.5. The fraction of sp³-hybridized carbons (Fsp3) is 0.167. The lowest BCUT2D eigenvalue weighted by molar-refractivity contribution is 0.580. The number of nitrogens with zero attached hydrogens (tertiary/aromatic N) is 2. The van der Waals surface area contributed by atoms with Gasteiger partial charge in [0, 0.05) is 34.5 Å². The van der Waals surface area contributed by atoms with Crippen molar-refractivity contribution in [3.8, 4) is 5.69 Å². The van der Waals surface area contributed by atoms with E-state index in [-0.39, 0.29) is 12.3 Å². The smallest absolute Gasteiger partial charge is 0.216 e. The van der Waals surface area contributed by atoms with E-state index >= 15 is 0 Å². The predicted octanol–water partition coefficient (Wildman–Crippen LogP) is 4.11. The minimum atomic E-state index is -3.62. The van der Waals surface area contributed by atoms with Crippen molar-refractivity contribution in [1.29, 1.82) is 0 Å². The SMILES string of the molecule is Cc1nccn1-c1ccccc1CNS(=O)(=O)Cc1c(Cl)cccc1Cl. The Morgan fingerprint density at radius 2 is 1.77 bits per heavy atom. The molecule has 26 heavy (non-hydrogen) atoms. The van der Waals surface area contributed by atoms with Crippen LogP contribution in [-0.4, -0.2) is 18.0 Å². The van der Waals surface area contributed by atoms with Crippen LogP contribution in [0.25, 0.3) is 5.69 Å². The Kier molecular flexibility index (Phi) is 5.67. The van der Waals surface area contributed by atoms with Crippen molar-refractivity contribution in [2.24, 2.45) is 0 Å². The average molecular weight is 410 g/mol. The van der Waals surface area contributed by atoms with Gasteiger partial charge in [-0.15, -0.1) is 0 Å². The second-order valence-electron chi connectivity index (χ2n) is 5.75. The van der Waals surface area contributed by atoms with Crippen LogP contribution < -0.4 is 4.72 Å². The van der Waals surface area contributed by atoms with Gasteiger partial charge in [-0.25, -0.2) is 18.1 Å². The number of sulfonamides is 1. The second-order valence-corrected chi connectivity index (χ2v) is 8.37. The van der Waals surface area contributed by atoms with Crippen molar-refractivity contribution >= 4 is 33.2 Å². The molecule has 0 unspecified atom stereocenters. The first-order valence-electron chi connectivity index (χ1n) is 7.86. The maximum Gasteiger partial charge on any atom is 0.216 e. The zero-order valence-corrected chi connectivity index (χ0v) is 16.3. The van der Waals surface area contributed by atoms with Gasteiger partial charge in [-0.05, 0) is 30.7 Å². The number of rotatable bonds is 6. The minimum absolute atomic E-state index is 0.151. The molecule has 0 radical (unpaired) electrons. The molecule has 0 bridgehead atoms. The van der Waals surface area contributed by atoms with Crippen LogP contribution in [0.2, 0.25) is 10.0 Å². The monoisotopic (exact) mass is 409 g/mol.